The first-order chi connectivity index (χ1) is 9.88. The Morgan fingerprint density at radius 3 is 1.71 bits per heavy atom. The molecule has 21 heavy (non-hydrogen) atoms. The van der Waals surface area contributed by atoms with Crippen LogP contribution in [0.1, 0.15) is 0 Å². The van der Waals surface area contributed by atoms with Gasteiger partial charge in [0.1, 0.15) is 0 Å². The lowest BCUT2D eigenvalue weighted by molar-refractivity contribution is 0.0182. The normalized spacial score (nSPS) is 22.9. The Hall–Kier alpha value is -2.03. The van der Waals surface area contributed by atoms with Crippen LogP contribution in [0.15, 0.2) is 25.3 Å². The van der Waals surface area contributed by atoms with Crippen LogP contribution in [-0.2, 0) is 19.3 Å². The molecule has 2 N–H and O–H groups in total. The first-order valence-electron chi connectivity index (χ1n) is 6.19. The first-order valence-corrected chi connectivity index (χ1v) is 8.01. The Morgan fingerprint density at radius 2 is 1.38 bits per heavy atom. The number of sulfone groups is 1. The average Bonchev–Trinajstić information content (AvgIpc) is 2.68. The summed E-state index contributed by atoms with van der Waals surface area (Å²) in [6.45, 7) is 7.21. The van der Waals surface area contributed by atoms with Crippen LogP contribution in [0.4, 0.5) is 9.59 Å². The van der Waals surface area contributed by atoms with Crippen molar-refractivity contribution in [2.75, 3.05) is 24.6 Å². The van der Waals surface area contributed by atoms with Gasteiger partial charge in [-0.05, 0) is 0 Å². The molecule has 0 spiro atoms. The third-order valence-corrected chi connectivity index (χ3v) is 4.22. The minimum atomic E-state index is -3.43. The Balaban J connectivity index is 2.61. The van der Waals surface area contributed by atoms with Crippen LogP contribution in [-0.4, -0.2) is 57.4 Å². The second-order valence-electron chi connectivity index (χ2n) is 4.30. The molecule has 8 nitrogen and oxygen atoms in total. The highest BCUT2D eigenvalue weighted by molar-refractivity contribution is 7.91. The number of rotatable bonds is 6. The molecular formula is C12H18N2O6S. The number of amides is 2. The molecular weight excluding hydrogens is 300 g/mol. The average molecular weight is 318 g/mol. The largest absolute Gasteiger partial charge is 0.441 e. The third-order valence-electron chi connectivity index (χ3n) is 2.55. The summed E-state index contributed by atoms with van der Waals surface area (Å²) in [6.07, 6.45) is -0.759. The Bertz CT molecular complexity index is 476. The van der Waals surface area contributed by atoms with Gasteiger partial charge < -0.3 is 20.1 Å². The van der Waals surface area contributed by atoms with Gasteiger partial charge in [-0.15, -0.1) is 13.2 Å². The van der Waals surface area contributed by atoms with Gasteiger partial charge in [0, 0.05) is 13.1 Å². The molecule has 2 amide bonds. The van der Waals surface area contributed by atoms with Crippen LogP contribution in [0.5, 0.6) is 0 Å². The molecule has 1 rings (SSSR count). The summed E-state index contributed by atoms with van der Waals surface area (Å²) in [5.41, 5.74) is 0. The number of carbonyl (C=O) groups is 2. The minimum Gasteiger partial charge on any atom is -0.441 e. The smallest absolute Gasteiger partial charge is 0.407 e. The SMILES string of the molecule is C=CCNC(=O)O[C@H]1CS(=O)(=O)C[C@@H]1OC(=O)NCC=C. The van der Waals surface area contributed by atoms with E-state index in [2.05, 4.69) is 23.8 Å². The second kappa shape index (κ2) is 7.67. The van der Waals surface area contributed by atoms with Gasteiger partial charge in [0.15, 0.2) is 22.0 Å². The maximum absolute atomic E-state index is 11.6. The Labute approximate surface area is 123 Å². The van der Waals surface area contributed by atoms with Gasteiger partial charge in [-0.1, -0.05) is 12.2 Å². The quantitative estimate of drug-likeness (QED) is 0.666. The minimum absolute atomic E-state index is 0.184. The molecule has 0 radical (unpaired) electrons. The monoisotopic (exact) mass is 318 g/mol. The van der Waals surface area contributed by atoms with Crippen LogP contribution in [0.25, 0.3) is 0 Å². The predicted molar refractivity (Wildman–Crippen MR) is 75.6 cm³/mol. The van der Waals surface area contributed by atoms with E-state index in [-0.39, 0.29) is 24.6 Å². The fourth-order valence-corrected chi connectivity index (χ4v) is 3.37. The predicted octanol–water partition coefficient (Wildman–Crippen LogP) is -0.0236. The molecule has 0 aromatic rings. The fraction of sp³-hybridized carbons (Fsp3) is 0.500. The van der Waals surface area contributed by atoms with E-state index in [1.54, 1.807) is 0 Å². The zero-order valence-electron chi connectivity index (χ0n) is 11.4. The van der Waals surface area contributed by atoms with Gasteiger partial charge in [0.25, 0.3) is 0 Å². The van der Waals surface area contributed by atoms with Crippen LogP contribution < -0.4 is 10.6 Å². The highest BCUT2D eigenvalue weighted by Crippen LogP contribution is 2.19. The topological polar surface area (TPSA) is 111 Å². The zero-order chi connectivity index (χ0) is 15.9. The van der Waals surface area contributed by atoms with Gasteiger partial charge >= 0.3 is 12.2 Å². The van der Waals surface area contributed by atoms with Gasteiger partial charge in [-0.3, -0.25) is 0 Å². The summed E-state index contributed by atoms with van der Waals surface area (Å²) < 4.78 is 33.1. The summed E-state index contributed by atoms with van der Waals surface area (Å²) in [5, 5.41) is 4.70. The second-order valence-corrected chi connectivity index (χ2v) is 6.46. The highest BCUT2D eigenvalue weighted by Gasteiger charge is 2.42. The molecule has 9 heteroatoms. The van der Waals surface area contributed by atoms with Crippen LogP contribution in [0.2, 0.25) is 0 Å². The molecule has 0 saturated carbocycles. The zero-order valence-corrected chi connectivity index (χ0v) is 12.2. The Morgan fingerprint density at radius 1 is 1.00 bits per heavy atom. The van der Waals surface area contributed by atoms with E-state index in [0.29, 0.717) is 0 Å². The highest BCUT2D eigenvalue weighted by atomic mass is 32.2. The van der Waals surface area contributed by atoms with Crippen LogP contribution >= 0.6 is 0 Å². The van der Waals surface area contributed by atoms with Crippen molar-refractivity contribution in [1.82, 2.24) is 10.6 Å². The molecule has 1 heterocycles. The van der Waals surface area contributed by atoms with Crippen molar-refractivity contribution in [3.05, 3.63) is 25.3 Å². The van der Waals surface area contributed by atoms with E-state index in [9.17, 15) is 18.0 Å². The van der Waals surface area contributed by atoms with E-state index in [0.717, 1.165) is 0 Å². The maximum atomic E-state index is 11.6. The fourth-order valence-electron chi connectivity index (χ4n) is 1.67. The summed E-state index contributed by atoms with van der Waals surface area (Å²) in [6, 6.07) is 0. The molecule has 0 aromatic carbocycles. The lowest BCUT2D eigenvalue weighted by atomic mass is 10.2. The third kappa shape index (κ3) is 5.86. The van der Waals surface area contributed by atoms with Crippen molar-refractivity contribution in [1.29, 1.82) is 0 Å². The maximum Gasteiger partial charge on any atom is 0.407 e. The lowest BCUT2D eigenvalue weighted by Crippen LogP contribution is -2.39. The van der Waals surface area contributed by atoms with Crippen molar-refractivity contribution < 1.29 is 27.5 Å². The number of ether oxygens (including phenoxy) is 2. The number of carbonyl (C=O) groups excluding carboxylic acids is 2. The van der Waals surface area contributed by atoms with E-state index < -0.39 is 34.2 Å². The summed E-state index contributed by atoms with van der Waals surface area (Å²) in [5.74, 6) is -0.762. The number of nitrogens with one attached hydrogen (secondary N) is 2. The first kappa shape index (κ1) is 17.0. The van der Waals surface area contributed by atoms with Crippen molar-refractivity contribution in [3.63, 3.8) is 0 Å². The summed E-state index contributed by atoms with van der Waals surface area (Å²) in [4.78, 5) is 22.9. The van der Waals surface area contributed by atoms with Crippen molar-refractivity contribution in [3.8, 4) is 0 Å². The summed E-state index contributed by atoms with van der Waals surface area (Å²) >= 11 is 0. The van der Waals surface area contributed by atoms with Gasteiger partial charge in [0.2, 0.25) is 0 Å². The van der Waals surface area contributed by atoms with Crippen molar-refractivity contribution >= 4 is 22.0 Å². The lowest BCUT2D eigenvalue weighted by Gasteiger charge is -2.19. The standard InChI is InChI=1S/C12H18N2O6S/c1-3-5-13-11(15)19-9-7-21(17,18)8-10(9)20-12(16)14-6-4-2/h3-4,9-10H,1-2,5-8H2,(H,13,15)(H,14,16)/t9-,10-/m0/s1. The van der Waals surface area contributed by atoms with E-state index >= 15 is 0 Å². The molecule has 0 unspecified atom stereocenters. The van der Waals surface area contributed by atoms with E-state index in [4.69, 9.17) is 9.47 Å². The molecule has 1 fully saturated rings. The summed E-state index contributed by atoms with van der Waals surface area (Å²) in [7, 11) is -3.43. The van der Waals surface area contributed by atoms with Crippen LogP contribution in [0.3, 0.4) is 0 Å². The molecule has 1 aliphatic heterocycles. The number of hydrogen-bond donors (Lipinski definition) is 2. The van der Waals surface area contributed by atoms with Crippen molar-refractivity contribution in [2.45, 2.75) is 12.2 Å². The molecule has 118 valence electrons. The molecule has 0 bridgehead atoms. The molecule has 1 saturated heterocycles. The number of alkyl carbamates (subject to hydrolysis) is 2. The van der Waals surface area contributed by atoms with Gasteiger partial charge in [-0.25, -0.2) is 18.0 Å². The molecule has 0 aromatic heterocycles. The molecule has 1 aliphatic rings. The van der Waals surface area contributed by atoms with Gasteiger partial charge in [-0.2, -0.15) is 0 Å². The van der Waals surface area contributed by atoms with E-state index in [1.165, 1.54) is 12.2 Å². The van der Waals surface area contributed by atoms with E-state index in [1.807, 2.05) is 0 Å². The molecule has 0 aliphatic carbocycles. The molecule has 2 atom stereocenters. The number of hydrogen-bond acceptors (Lipinski definition) is 6. The van der Waals surface area contributed by atoms with Gasteiger partial charge in [0.05, 0.1) is 11.5 Å². The van der Waals surface area contributed by atoms with Crippen molar-refractivity contribution in [2.24, 2.45) is 0 Å². The Kier molecular flexibility index (Phi) is 6.22. The van der Waals surface area contributed by atoms with Crippen LogP contribution in [0, 0.1) is 0 Å².